The van der Waals surface area contributed by atoms with Crippen molar-refractivity contribution in [3.05, 3.63) is 17.6 Å². The van der Waals surface area contributed by atoms with Gasteiger partial charge in [-0.15, -0.1) is 10.2 Å². The number of ether oxygens (including phenoxy) is 2. The number of hydrogen-bond donors (Lipinski definition) is 12. The first-order valence-electron chi connectivity index (χ1n) is 27.6. The normalized spacial score (nSPS) is 13.7. The summed E-state index contributed by atoms with van der Waals surface area (Å²) in [5.74, 6) is -5.74. The number of nitrogens with two attached hydrogens (primary N) is 1. The van der Waals surface area contributed by atoms with E-state index >= 15 is 0 Å². The number of primary amides is 1. The summed E-state index contributed by atoms with van der Waals surface area (Å²) < 4.78 is 10.7. The molecule has 1 aromatic rings. The Labute approximate surface area is 457 Å². The average Bonchev–Trinajstić information content (AvgIpc) is 4.16. The Morgan fingerprint density at radius 2 is 1.21 bits per heavy atom. The SMILES string of the molecule is CCCC[C@H](NC(=O)[C@H](CCO)NC(=O)[C@H](CC1=CCC=N1)NC(=O)[C@H](CCC(N)=O)NC(=O)[C@H](CO)NC(=O)CNC(=O)COCCOCCNC(=O)CCCCCCCCCCCCCCCc1nn[nH]n1)C(=O)NC. The predicted molar refractivity (Wildman–Crippen MR) is 286 cm³/mol. The van der Waals surface area contributed by atoms with E-state index in [4.69, 9.17) is 15.2 Å². The Bertz CT molecular complexity index is 2010. The molecule has 0 aliphatic carbocycles. The Morgan fingerprint density at radius 1 is 0.628 bits per heavy atom. The molecule has 27 heteroatoms. The summed E-state index contributed by atoms with van der Waals surface area (Å²) in [5.41, 5.74) is 5.76. The first-order chi connectivity index (χ1) is 37.7. The minimum absolute atomic E-state index is 0.0343. The number of carbonyl (C=O) groups is 9. The molecule has 27 nitrogen and oxygen atoms in total. The van der Waals surface area contributed by atoms with E-state index in [1.54, 1.807) is 12.3 Å². The fourth-order valence-electron chi connectivity index (χ4n) is 8.07. The predicted octanol–water partition coefficient (Wildman–Crippen LogP) is -0.782. The van der Waals surface area contributed by atoms with Crippen molar-refractivity contribution in [3.8, 4) is 0 Å². The molecular weight excluding hydrogens is 1020 g/mol. The number of tetrazole rings is 1. The zero-order valence-corrected chi connectivity index (χ0v) is 45.7. The summed E-state index contributed by atoms with van der Waals surface area (Å²) in [5, 5.41) is 53.7. The van der Waals surface area contributed by atoms with E-state index < -0.39 is 110 Å². The van der Waals surface area contributed by atoms with Crippen LogP contribution in [0.5, 0.6) is 0 Å². The van der Waals surface area contributed by atoms with Crippen molar-refractivity contribution in [3.63, 3.8) is 0 Å². The summed E-state index contributed by atoms with van der Waals surface area (Å²) in [7, 11) is 1.42. The number of allylic oxidation sites excluding steroid dienone is 1. The number of nitrogens with zero attached hydrogens (tertiary/aromatic N) is 4. The van der Waals surface area contributed by atoms with Crippen molar-refractivity contribution in [2.24, 2.45) is 10.7 Å². The van der Waals surface area contributed by atoms with E-state index in [2.05, 4.69) is 68.2 Å². The second-order valence-corrected chi connectivity index (χ2v) is 19.0. The Balaban J connectivity index is 1.69. The quantitative estimate of drug-likeness (QED) is 0.0356. The van der Waals surface area contributed by atoms with Crippen molar-refractivity contribution < 1.29 is 62.8 Å². The molecule has 1 aliphatic rings. The molecule has 2 heterocycles. The van der Waals surface area contributed by atoms with Crippen LogP contribution in [0.15, 0.2) is 16.8 Å². The van der Waals surface area contributed by atoms with Crippen LogP contribution in [0.25, 0.3) is 0 Å². The van der Waals surface area contributed by atoms with Crippen molar-refractivity contribution in [1.29, 1.82) is 0 Å². The van der Waals surface area contributed by atoms with Gasteiger partial charge in [-0.1, -0.05) is 102 Å². The number of aromatic amines is 1. The highest BCUT2D eigenvalue weighted by Crippen LogP contribution is 2.16. The van der Waals surface area contributed by atoms with Gasteiger partial charge >= 0.3 is 0 Å². The standard InChI is InChI=1S/C51H88N14O13/c1-3-4-20-37(47(72)53-2)58-49(74)39(25-28-66)60-50(75)40(32-36-19-18-26-54-36)61-48(73)38(23-24-42(52)68)59-51(76)41(34-67)57-45(70)33-56-46(71)35-78-31-30-77-29-27-55-44(69)22-17-15-13-11-9-7-5-6-8-10-12-14-16-21-43-62-64-65-63-43/h19,26,37-41,66-67H,3-18,20-25,27-35H2,1-2H3,(H2,52,68)(H,53,72)(H,55,69)(H,56,71)(H,57,70)(H,58,74)(H,59,76)(H,60,75)(H,61,73)(H,62,63,64,65)/t37-,38-,39-,40-,41-/m0/s1. The lowest BCUT2D eigenvalue weighted by Gasteiger charge is -2.27. The molecule has 0 spiro atoms. The topological polar surface area (TPSA) is 402 Å². The number of hydrogen-bond acceptors (Lipinski definition) is 17. The minimum Gasteiger partial charge on any atom is -0.396 e. The molecule has 0 fully saturated rings. The number of unbranched alkanes of at least 4 members (excludes halogenated alkanes) is 13. The summed E-state index contributed by atoms with van der Waals surface area (Å²) >= 11 is 0. The number of likely N-dealkylation sites (N-methyl/N-ethyl adjacent to an activating group) is 1. The maximum absolute atomic E-state index is 13.8. The summed E-state index contributed by atoms with van der Waals surface area (Å²) in [6, 6.07) is -6.84. The van der Waals surface area contributed by atoms with Crippen molar-refractivity contribution in [2.75, 3.05) is 59.8 Å². The lowest BCUT2D eigenvalue weighted by molar-refractivity contribution is -0.136. The zero-order chi connectivity index (χ0) is 57.2. The molecule has 1 aromatic heterocycles. The van der Waals surface area contributed by atoms with Gasteiger partial charge in [0.1, 0.15) is 36.8 Å². The number of amides is 9. The van der Waals surface area contributed by atoms with Crippen LogP contribution in [0.3, 0.4) is 0 Å². The number of aromatic nitrogens is 4. The Morgan fingerprint density at radius 3 is 1.77 bits per heavy atom. The molecule has 0 unspecified atom stereocenters. The van der Waals surface area contributed by atoms with Crippen LogP contribution < -0.4 is 48.3 Å². The second-order valence-electron chi connectivity index (χ2n) is 19.0. The maximum atomic E-state index is 13.8. The third kappa shape index (κ3) is 31.7. The molecule has 9 amide bonds. The molecule has 2 rings (SSSR count). The van der Waals surface area contributed by atoms with Crippen LogP contribution in [0, 0.1) is 0 Å². The third-order valence-electron chi connectivity index (χ3n) is 12.5. The molecule has 5 atom stereocenters. The number of aliphatic imine (C=N–C) groups is 1. The van der Waals surface area contributed by atoms with E-state index in [1.165, 1.54) is 64.8 Å². The maximum Gasteiger partial charge on any atom is 0.246 e. The van der Waals surface area contributed by atoms with Gasteiger partial charge in [0.05, 0.1) is 33.0 Å². The fraction of sp³-hybridized carbons (Fsp3) is 0.745. The number of H-pyrrole nitrogens is 1. The summed E-state index contributed by atoms with van der Waals surface area (Å²) in [6.07, 6.45) is 20.8. The Hall–Kier alpha value is -6.45. The molecule has 440 valence electrons. The summed E-state index contributed by atoms with van der Waals surface area (Å²) in [6.45, 7) is 0.187. The van der Waals surface area contributed by atoms with Gasteiger partial charge < -0.3 is 68.0 Å². The van der Waals surface area contributed by atoms with Crippen LogP contribution >= 0.6 is 0 Å². The van der Waals surface area contributed by atoms with Crippen molar-refractivity contribution >= 4 is 59.4 Å². The van der Waals surface area contributed by atoms with Crippen LogP contribution in [-0.2, 0) is 59.0 Å². The van der Waals surface area contributed by atoms with Crippen LogP contribution in [0.4, 0.5) is 0 Å². The highest BCUT2D eigenvalue weighted by Gasteiger charge is 2.33. The summed E-state index contributed by atoms with van der Waals surface area (Å²) in [4.78, 5) is 120. The molecule has 0 saturated heterocycles. The molecule has 0 radical (unpaired) electrons. The third-order valence-corrected chi connectivity index (χ3v) is 12.5. The van der Waals surface area contributed by atoms with Gasteiger partial charge in [-0.05, 0) is 32.1 Å². The lowest BCUT2D eigenvalue weighted by Crippen LogP contribution is -2.59. The van der Waals surface area contributed by atoms with Crippen molar-refractivity contribution in [2.45, 2.75) is 185 Å². The first kappa shape index (κ1) is 67.7. The molecule has 78 heavy (non-hydrogen) atoms. The number of aryl methyl sites for hydroxylation is 1. The minimum atomic E-state index is -1.63. The van der Waals surface area contributed by atoms with E-state index in [1.807, 2.05) is 6.92 Å². The molecule has 0 saturated carbocycles. The van der Waals surface area contributed by atoms with Gasteiger partial charge in [-0.2, -0.15) is 5.21 Å². The number of carbonyl (C=O) groups excluding carboxylic acids is 9. The second kappa shape index (κ2) is 42.6. The molecule has 1 aliphatic heterocycles. The smallest absolute Gasteiger partial charge is 0.246 e. The largest absolute Gasteiger partial charge is 0.396 e. The van der Waals surface area contributed by atoms with Crippen LogP contribution in [0.2, 0.25) is 0 Å². The van der Waals surface area contributed by atoms with Crippen LogP contribution in [-0.4, -0.2) is 180 Å². The van der Waals surface area contributed by atoms with E-state index in [-0.39, 0.29) is 45.0 Å². The van der Waals surface area contributed by atoms with Gasteiger partial charge in [0.25, 0.3) is 0 Å². The van der Waals surface area contributed by atoms with Crippen molar-refractivity contribution in [1.82, 2.24) is 63.2 Å². The van der Waals surface area contributed by atoms with Gasteiger partial charge in [0.2, 0.25) is 53.2 Å². The number of aliphatic hydroxyl groups is 2. The lowest BCUT2D eigenvalue weighted by atomic mass is 10.0. The molecule has 13 N–H and O–H groups in total. The average molecular weight is 1110 g/mol. The van der Waals surface area contributed by atoms with E-state index in [0.717, 1.165) is 44.3 Å². The first-order valence-corrected chi connectivity index (χ1v) is 27.6. The highest BCUT2D eigenvalue weighted by atomic mass is 16.5. The van der Waals surface area contributed by atoms with E-state index in [9.17, 15) is 53.4 Å². The number of aliphatic hydroxyl groups excluding tert-OH is 2. The number of nitrogens with one attached hydrogen (secondary N) is 9. The molecule has 0 aromatic carbocycles. The Kier molecular flexibility index (Phi) is 36.9. The number of rotatable bonds is 47. The van der Waals surface area contributed by atoms with Crippen LogP contribution in [0.1, 0.15) is 154 Å². The van der Waals surface area contributed by atoms with Gasteiger partial charge in [0.15, 0.2) is 5.82 Å². The zero-order valence-electron chi connectivity index (χ0n) is 45.7. The monoisotopic (exact) mass is 1100 g/mol. The van der Waals surface area contributed by atoms with Gasteiger partial charge in [-0.25, -0.2) is 0 Å². The molecular formula is C51H88N14O13. The molecule has 0 bridgehead atoms. The highest BCUT2D eigenvalue weighted by molar-refractivity contribution is 5.97. The van der Waals surface area contributed by atoms with Gasteiger partial charge in [-0.3, -0.25) is 48.1 Å². The fourth-order valence-corrected chi connectivity index (χ4v) is 8.07. The van der Waals surface area contributed by atoms with E-state index in [0.29, 0.717) is 37.9 Å². The van der Waals surface area contributed by atoms with Gasteiger partial charge in [0, 0.05) is 64.2 Å².